The van der Waals surface area contributed by atoms with Crippen molar-refractivity contribution < 1.29 is 33.7 Å². The number of hydrogen-bond donors (Lipinski definition) is 1. The molecule has 0 radical (unpaired) electrons. The Labute approximate surface area is 213 Å². The first-order valence-corrected chi connectivity index (χ1v) is 14.0. The average molecular weight is 522 g/mol. The highest BCUT2D eigenvalue weighted by Crippen LogP contribution is 2.61. The van der Waals surface area contributed by atoms with Crippen molar-refractivity contribution in [3.8, 4) is 0 Å². The van der Waals surface area contributed by atoms with Crippen molar-refractivity contribution in [2.24, 2.45) is 0 Å². The number of rotatable bonds is 6. The fraction of sp³-hybridized carbons (Fsp3) is 0.0357. The van der Waals surface area contributed by atoms with Crippen LogP contribution < -0.4 is 39.9 Å². The maximum atomic E-state index is 12.5. The van der Waals surface area contributed by atoms with Gasteiger partial charge >= 0.3 is 0 Å². The van der Waals surface area contributed by atoms with Crippen LogP contribution in [0.3, 0.4) is 0 Å². The lowest BCUT2D eigenvalue weighted by Crippen LogP contribution is -2.68. The van der Waals surface area contributed by atoms with Crippen molar-refractivity contribution in [3.05, 3.63) is 132 Å². The minimum atomic E-state index is -4.94. The fourth-order valence-corrected chi connectivity index (χ4v) is 8.18. The number of carbonyl (C=O) groups excluding carboxylic acids is 1. The summed E-state index contributed by atoms with van der Waals surface area (Å²) in [7, 11) is -7.30. The molecule has 6 nitrogen and oxygen atoms in total. The first kappa shape index (κ1) is 27.2. The minimum absolute atomic E-state index is 0.0747. The molecule has 0 unspecified atom stereocenters. The number of hydrogen-bond acceptors (Lipinski definition) is 5. The van der Waals surface area contributed by atoms with Crippen molar-refractivity contribution in [2.75, 3.05) is 0 Å². The van der Waals surface area contributed by atoms with Crippen LogP contribution in [0.5, 0.6) is 0 Å². The minimum Gasteiger partial charge on any atom is -0.296 e. The molecule has 184 valence electrons. The Morgan fingerprint density at radius 2 is 0.944 bits per heavy atom. The first-order valence-electron chi connectivity index (χ1n) is 10.9. The summed E-state index contributed by atoms with van der Waals surface area (Å²) in [5.74, 6) is -0.0747. The Morgan fingerprint density at radius 1 is 0.639 bits per heavy atom. The highest BCUT2D eigenvalue weighted by Gasteiger charge is 2.50. The molecule has 0 aliphatic heterocycles. The molecule has 0 atom stereocenters. The SMILES string of the molecule is CC(=O)NC(=Cc1ccccc1)[P+](c1ccccc1)(c1ccccc1)c1ccccc1.[O-][Cl+3]([O-])([O-])[O-]. The maximum absolute atomic E-state index is 12.5. The van der Waals surface area contributed by atoms with E-state index in [-0.39, 0.29) is 5.91 Å². The van der Waals surface area contributed by atoms with Gasteiger partial charge in [-0.3, -0.25) is 10.1 Å². The summed E-state index contributed by atoms with van der Waals surface area (Å²) < 4.78 is 34.0. The molecule has 4 rings (SSSR count). The topological polar surface area (TPSA) is 121 Å². The van der Waals surface area contributed by atoms with E-state index < -0.39 is 17.5 Å². The molecule has 36 heavy (non-hydrogen) atoms. The third-order valence-corrected chi connectivity index (χ3v) is 9.38. The molecule has 1 amide bonds. The van der Waals surface area contributed by atoms with Crippen LogP contribution >= 0.6 is 7.26 Å². The van der Waals surface area contributed by atoms with Crippen LogP contribution in [0, 0.1) is 10.2 Å². The van der Waals surface area contributed by atoms with Gasteiger partial charge < -0.3 is 0 Å². The summed E-state index contributed by atoms with van der Waals surface area (Å²) in [4.78, 5) is 12.5. The summed E-state index contributed by atoms with van der Waals surface area (Å²) in [6, 6.07) is 41.8. The van der Waals surface area contributed by atoms with E-state index in [2.05, 4.69) is 96.3 Å². The largest absolute Gasteiger partial charge is 0.296 e. The van der Waals surface area contributed by atoms with Gasteiger partial charge in [-0.1, -0.05) is 84.9 Å². The smallest absolute Gasteiger partial charge is 0.223 e. The predicted molar refractivity (Wildman–Crippen MR) is 133 cm³/mol. The third kappa shape index (κ3) is 7.33. The molecular formula is C28H25ClNO5P. The Morgan fingerprint density at radius 3 is 1.25 bits per heavy atom. The van der Waals surface area contributed by atoms with E-state index in [0.29, 0.717) is 0 Å². The van der Waals surface area contributed by atoms with Crippen LogP contribution in [0.15, 0.2) is 127 Å². The van der Waals surface area contributed by atoms with Crippen molar-refractivity contribution in [1.29, 1.82) is 0 Å². The molecule has 0 saturated carbocycles. The van der Waals surface area contributed by atoms with E-state index in [1.807, 2.05) is 36.4 Å². The molecule has 4 aromatic carbocycles. The summed E-state index contributed by atoms with van der Waals surface area (Å²) in [5, 5.41) is 6.83. The zero-order valence-electron chi connectivity index (χ0n) is 19.5. The van der Waals surface area contributed by atoms with Crippen molar-refractivity contribution in [1.82, 2.24) is 5.32 Å². The van der Waals surface area contributed by atoms with Gasteiger partial charge in [-0.2, -0.15) is 0 Å². The van der Waals surface area contributed by atoms with E-state index in [1.165, 1.54) is 15.9 Å². The van der Waals surface area contributed by atoms with Gasteiger partial charge in [0.05, 0.1) is 0 Å². The molecule has 0 spiro atoms. The molecule has 0 aliphatic carbocycles. The van der Waals surface area contributed by atoms with Gasteiger partial charge in [0.1, 0.15) is 15.9 Å². The molecule has 0 saturated heterocycles. The summed E-state index contributed by atoms with van der Waals surface area (Å²) in [5.41, 5.74) is 1.98. The zero-order valence-corrected chi connectivity index (χ0v) is 21.1. The first-order chi connectivity index (χ1) is 17.2. The van der Waals surface area contributed by atoms with Gasteiger partial charge in [0.15, 0.2) is 12.7 Å². The second-order valence-corrected chi connectivity index (χ2v) is 11.8. The van der Waals surface area contributed by atoms with Crippen molar-refractivity contribution in [2.45, 2.75) is 6.92 Å². The highest BCUT2D eigenvalue weighted by atomic mass is 35.7. The number of halogens is 1. The average Bonchev–Trinajstić information content (AvgIpc) is 2.86. The monoisotopic (exact) mass is 521 g/mol. The molecule has 4 aromatic rings. The number of amides is 1. The molecule has 0 aliphatic rings. The second-order valence-electron chi connectivity index (χ2n) is 7.68. The fourth-order valence-electron chi connectivity index (χ4n) is 3.92. The lowest BCUT2D eigenvalue weighted by molar-refractivity contribution is -2.00. The molecule has 0 aromatic heterocycles. The molecule has 0 bridgehead atoms. The van der Waals surface area contributed by atoms with Crippen LogP contribution in [-0.2, 0) is 4.79 Å². The maximum Gasteiger partial charge on any atom is 0.223 e. The highest BCUT2D eigenvalue weighted by molar-refractivity contribution is 7.99. The summed E-state index contributed by atoms with van der Waals surface area (Å²) in [6.45, 7) is 1.58. The van der Waals surface area contributed by atoms with Crippen LogP contribution in [0.1, 0.15) is 12.5 Å². The molecular weight excluding hydrogens is 497 g/mol. The number of benzene rings is 4. The van der Waals surface area contributed by atoms with Gasteiger partial charge in [0.25, 0.3) is 0 Å². The number of nitrogens with one attached hydrogen (secondary N) is 1. The molecule has 0 heterocycles. The van der Waals surface area contributed by atoms with Gasteiger partial charge in [-0.15, -0.1) is 10.2 Å². The van der Waals surface area contributed by atoms with E-state index in [1.54, 1.807) is 6.92 Å². The summed E-state index contributed by atoms with van der Waals surface area (Å²) >= 11 is 0. The van der Waals surface area contributed by atoms with Gasteiger partial charge in [0, 0.05) is 13.0 Å². The van der Waals surface area contributed by atoms with E-state index in [4.69, 9.17) is 18.6 Å². The Balaban J connectivity index is 0.000000658. The van der Waals surface area contributed by atoms with Crippen LogP contribution in [-0.4, -0.2) is 5.91 Å². The second kappa shape index (κ2) is 12.6. The summed E-state index contributed by atoms with van der Waals surface area (Å²) in [6.07, 6.45) is 2.13. The predicted octanol–water partition coefficient (Wildman–Crippen LogP) is 0.359. The molecule has 1 N–H and O–H groups in total. The third-order valence-electron chi connectivity index (χ3n) is 5.20. The number of carbonyl (C=O) groups is 1. The van der Waals surface area contributed by atoms with Crippen molar-refractivity contribution in [3.63, 3.8) is 0 Å². The lowest BCUT2D eigenvalue weighted by Gasteiger charge is -2.29. The Bertz CT molecular complexity index is 1160. The van der Waals surface area contributed by atoms with E-state index in [0.717, 1.165) is 11.0 Å². The van der Waals surface area contributed by atoms with Crippen molar-refractivity contribution >= 4 is 35.2 Å². The van der Waals surface area contributed by atoms with Gasteiger partial charge in [-0.05, 0) is 42.0 Å². The normalized spacial score (nSPS) is 11.8. The van der Waals surface area contributed by atoms with Crippen LogP contribution in [0.25, 0.3) is 6.08 Å². The van der Waals surface area contributed by atoms with Gasteiger partial charge in [0.2, 0.25) is 5.91 Å². The van der Waals surface area contributed by atoms with E-state index in [9.17, 15) is 4.79 Å². The zero-order chi connectivity index (χ0) is 26.0. The Kier molecular flexibility index (Phi) is 9.51. The van der Waals surface area contributed by atoms with Gasteiger partial charge in [-0.25, -0.2) is 18.6 Å². The standard InChI is InChI=1S/C28H24NOP.ClHO4/c1-23(30)29-28(22-24-14-6-2-7-15-24)31(25-16-8-3-9-17-25,26-18-10-4-11-19-26)27-20-12-5-13-21-27;2-1(3,4)5/h2-22H,1H3;(H,2,3,4,5). The van der Waals surface area contributed by atoms with Crippen LogP contribution in [0.2, 0.25) is 0 Å². The molecule has 0 fully saturated rings. The van der Waals surface area contributed by atoms with Crippen LogP contribution in [0.4, 0.5) is 0 Å². The quantitative estimate of drug-likeness (QED) is 0.367. The lowest BCUT2D eigenvalue weighted by atomic mass is 10.2. The molecule has 8 heteroatoms. The Hall–Kier alpha value is -3.35. The van der Waals surface area contributed by atoms with E-state index >= 15 is 0 Å².